The molecule has 0 amide bonds. The van der Waals surface area contributed by atoms with Crippen molar-refractivity contribution in [1.82, 2.24) is 0 Å². The van der Waals surface area contributed by atoms with Crippen LogP contribution in [0.25, 0.3) is 0 Å². The molecule has 0 spiro atoms. The summed E-state index contributed by atoms with van der Waals surface area (Å²) in [5.74, 6) is 0. The minimum Gasteiger partial charge on any atom is -0.398 e. The third-order valence-corrected chi connectivity index (χ3v) is 2.04. The van der Waals surface area contributed by atoms with E-state index in [1.807, 2.05) is 19.1 Å². The molecule has 0 aliphatic rings. The summed E-state index contributed by atoms with van der Waals surface area (Å²) in [4.78, 5) is 0. The lowest BCUT2D eigenvalue weighted by Gasteiger charge is -2.06. The summed E-state index contributed by atoms with van der Waals surface area (Å²) in [5.41, 5.74) is 8.87. The molecule has 0 bridgehead atoms. The Hall–Kier alpha value is -0.690. The maximum Gasteiger partial charge on any atom is 0.0412 e. The lowest BCUT2D eigenvalue weighted by Crippen LogP contribution is -1.95. The van der Waals surface area contributed by atoms with E-state index in [0.29, 0.717) is 0 Å². The van der Waals surface area contributed by atoms with Crippen molar-refractivity contribution in [3.05, 3.63) is 28.3 Å². The van der Waals surface area contributed by atoms with Gasteiger partial charge < -0.3 is 5.73 Å². The lowest BCUT2D eigenvalue weighted by atomic mass is 10.1. The van der Waals surface area contributed by atoms with Crippen molar-refractivity contribution < 1.29 is 0 Å². The molecule has 0 aliphatic carbocycles. The zero-order valence-corrected chi connectivity index (χ0v) is 7.57. The zero-order valence-electron chi connectivity index (χ0n) is 6.82. The number of nitrogens with two attached hydrogens (primary N) is 1. The second kappa shape index (κ2) is 3.14. The van der Waals surface area contributed by atoms with Gasteiger partial charge >= 0.3 is 0 Å². The smallest absolute Gasteiger partial charge is 0.0412 e. The summed E-state index contributed by atoms with van der Waals surface area (Å²) in [5, 5.41) is 0.772. The average molecular weight is 170 g/mol. The van der Waals surface area contributed by atoms with E-state index in [1.165, 1.54) is 0 Å². The maximum absolute atomic E-state index is 5.85. The molecule has 1 rings (SSSR count). The fourth-order valence-corrected chi connectivity index (χ4v) is 1.41. The minimum atomic E-state index is 0.772. The Bertz CT molecular complexity index is 269. The van der Waals surface area contributed by atoms with E-state index in [1.54, 1.807) is 0 Å². The summed E-state index contributed by atoms with van der Waals surface area (Å²) in [6, 6.07) is 3.81. The SMILES string of the molecule is CCc1cc(Cl)cc(C)c1N. The van der Waals surface area contributed by atoms with Gasteiger partial charge in [-0.3, -0.25) is 0 Å². The number of hydrogen-bond donors (Lipinski definition) is 1. The molecule has 0 heterocycles. The van der Waals surface area contributed by atoms with Crippen LogP contribution < -0.4 is 5.73 Å². The molecule has 0 atom stereocenters. The molecule has 0 aromatic heterocycles. The summed E-state index contributed by atoms with van der Waals surface area (Å²) >= 11 is 5.85. The van der Waals surface area contributed by atoms with Crippen LogP contribution in [0.3, 0.4) is 0 Å². The molecule has 1 aromatic carbocycles. The molecule has 0 saturated carbocycles. The van der Waals surface area contributed by atoms with E-state index < -0.39 is 0 Å². The first-order valence-electron chi connectivity index (χ1n) is 3.69. The van der Waals surface area contributed by atoms with Gasteiger partial charge in [0.25, 0.3) is 0 Å². The molecule has 0 saturated heterocycles. The molecule has 2 N–H and O–H groups in total. The number of nitrogen functional groups attached to an aromatic ring is 1. The lowest BCUT2D eigenvalue weighted by molar-refractivity contribution is 1.14. The Kier molecular flexibility index (Phi) is 2.40. The summed E-state index contributed by atoms with van der Waals surface area (Å²) in [6.07, 6.45) is 0.938. The third-order valence-electron chi connectivity index (χ3n) is 1.82. The molecule has 0 aliphatic heterocycles. The average Bonchev–Trinajstić information content (AvgIpc) is 1.96. The Labute approximate surface area is 72.2 Å². The van der Waals surface area contributed by atoms with Crippen LogP contribution in [0.15, 0.2) is 12.1 Å². The Morgan fingerprint density at radius 3 is 2.64 bits per heavy atom. The normalized spacial score (nSPS) is 10.1. The van der Waals surface area contributed by atoms with E-state index in [0.717, 1.165) is 28.3 Å². The van der Waals surface area contributed by atoms with Gasteiger partial charge in [0, 0.05) is 10.7 Å². The van der Waals surface area contributed by atoms with Crippen LogP contribution in [-0.2, 0) is 6.42 Å². The van der Waals surface area contributed by atoms with Gasteiger partial charge in [0.05, 0.1) is 0 Å². The van der Waals surface area contributed by atoms with E-state index in [9.17, 15) is 0 Å². The highest BCUT2D eigenvalue weighted by atomic mass is 35.5. The molecule has 0 radical (unpaired) electrons. The number of halogens is 1. The van der Waals surface area contributed by atoms with Gasteiger partial charge in [-0.2, -0.15) is 0 Å². The van der Waals surface area contributed by atoms with Crippen molar-refractivity contribution in [3.8, 4) is 0 Å². The quantitative estimate of drug-likeness (QED) is 0.643. The van der Waals surface area contributed by atoms with Crippen LogP contribution >= 0.6 is 11.6 Å². The minimum absolute atomic E-state index is 0.772. The van der Waals surface area contributed by atoms with Gasteiger partial charge in [0.15, 0.2) is 0 Å². The third kappa shape index (κ3) is 1.66. The van der Waals surface area contributed by atoms with Gasteiger partial charge in [-0.1, -0.05) is 18.5 Å². The molecule has 2 heteroatoms. The van der Waals surface area contributed by atoms with Gasteiger partial charge in [0.1, 0.15) is 0 Å². The zero-order chi connectivity index (χ0) is 8.43. The first kappa shape index (κ1) is 8.41. The van der Waals surface area contributed by atoms with Crippen LogP contribution in [0.5, 0.6) is 0 Å². The van der Waals surface area contributed by atoms with Crippen LogP contribution in [0.2, 0.25) is 5.02 Å². The van der Waals surface area contributed by atoms with Crippen LogP contribution in [0.4, 0.5) is 5.69 Å². The van der Waals surface area contributed by atoms with Crippen molar-refractivity contribution in [2.45, 2.75) is 20.3 Å². The van der Waals surface area contributed by atoms with E-state index in [2.05, 4.69) is 6.92 Å². The van der Waals surface area contributed by atoms with Crippen molar-refractivity contribution in [2.75, 3.05) is 5.73 Å². The van der Waals surface area contributed by atoms with Crippen molar-refractivity contribution in [3.63, 3.8) is 0 Å². The van der Waals surface area contributed by atoms with Crippen LogP contribution in [0.1, 0.15) is 18.1 Å². The van der Waals surface area contributed by atoms with E-state index in [4.69, 9.17) is 17.3 Å². The number of aryl methyl sites for hydroxylation is 2. The summed E-state index contributed by atoms with van der Waals surface area (Å²) < 4.78 is 0. The molecule has 11 heavy (non-hydrogen) atoms. The Morgan fingerprint density at radius 1 is 1.45 bits per heavy atom. The number of hydrogen-bond acceptors (Lipinski definition) is 1. The van der Waals surface area contributed by atoms with Crippen molar-refractivity contribution in [1.29, 1.82) is 0 Å². The van der Waals surface area contributed by atoms with Gasteiger partial charge in [-0.05, 0) is 36.6 Å². The topological polar surface area (TPSA) is 26.0 Å². The monoisotopic (exact) mass is 169 g/mol. The predicted molar refractivity (Wildman–Crippen MR) is 50.0 cm³/mol. The Balaban J connectivity index is 3.24. The molecule has 1 nitrogen and oxygen atoms in total. The molecule has 0 unspecified atom stereocenters. The molecule has 0 fully saturated rings. The molecule has 1 aromatic rings. The van der Waals surface area contributed by atoms with Crippen LogP contribution in [0, 0.1) is 6.92 Å². The van der Waals surface area contributed by atoms with Crippen molar-refractivity contribution >= 4 is 17.3 Å². The first-order chi connectivity index (χ1) is 5.15. The van der Waals surface area contributed by atoms with Crippen LogP contribution in [-0.4, -0.2) is 0 Å². The first-order valence-corrected chi connectivity index (χ1v) is 4.07. The summed E-state index contributed by atoms with van der Waals surface area (Å²) in [6.45, 7) is 4.04. The van der Waals surface area contributed by atoms with Gasteiger partial charge in [-0.15, -0.1) is 0 Å². The van der Waals surface area contributed by atoms with Gasteiger partial charge in [0.2, 0.25) is 0 Å². The standard InChI is InChI=1S/C9H12ClN/c1-3-7-5-8(10)4-6(2)9(7)11/h4-5H,3,11H2,1-2H3. The summed E-state index contributed by atoms with van der Waals surface area (Å²) in [7, 11) is 0. The van der Waals surface area contributed by atoms with Gasteiger partial charge in [-0.25, -0.2) is 0 Å². The molecular formula is C9H12ClN. The number of rotatable bonds is 1. The molecule has 60 valence electrons. The largest absolute Gasteiger partial charge is 0.398 e. The fraction of sp³-hybridized carbons (Fsp3) is 0.333. The highest BCUT2D eigenvalue weighted by Gasteiger charge is 2.01. The predicted octanol–water partition coefficient (Wildman–Crippen LogP) is 2.79. The second-order valence-electron chi connectivity index (χ2n) is 2.65. The number of anilines is 1. The van der Waals surface area contributed by atoms with E-state index >= 15 is 0 Å². The molecular weight excluding hydrogens is 158 g/mol. The number of benzene rings is 1. The Morgan fingerprint density at radius 2 is 2.09 bits per heavy atom. The highest BCUT2D eigenvalue weighted by Crippen LogP contribution is 2.22. The van der Waals surface area contributed by atoms with E-state index in [-0.39, 0.29) is 0 Å². The second-order valence-corrected chi connectivity index (χ2v) is 3.09. The maximum atomic E-state index is 5.85. The van der Waals surface area contributed by atoms with Crippen molar-refractivity contribution in [2.24, 2.45) is 0 Å². The fourth-order valence-electron chi connectivity index (χ4n) is 1.12. The highest BCUT2D eigenvalue weighted by molar-refractivity contribution is 6.30.